The van der Waals surface area contributed by atoms with E-state index in [4.69, 9.17) is 0 Å². The Bertz CT molecular complexity index is 748. The Morgan fingerprint density at radius 1 is 1.25 bits per heavy atom. The van der Waals surface area contributed by atoms with Crippen LogP contribution in [0.5, 0.6) is 0 Å². The molecule has 3 aromatic rings. The molecule has 0 bridgehead atoms. The van der Waals surface area contributed by atoms with Gasteiger partial charge in [-0.1, -0.05) is 12.5 Å². The van der Waals surface area contributed by atoms with Crippen LogP contribution in [0, 0.1) is 0 Å². The van der Waals surface area contributed by atoms with Gasteiger partial charge in [0.15, 0.2) is 0 Å². The Morgan fingerprint density at radius 3 is 2.90 bits per heavy atom. The second kappa shape index (κ2) is 4.18. The average molecular weight is 268 g/mol. The Kier molecular flexibility index (Phi) is 2.44. The van der Waals surface area contributed by atoms with Crippen LogP contribution in [0.1, 0.15) is 25.1 Å². The molecule has 2 aromatic heterocycles. The van der Waals surface area contributed by atoms with E-state index in [2.05, 4.69) is 26.0 Å². The lowest BCUT2D eigenvalue weighted by Gasteiger charge is -2.38. The van der Waals surface area contributed by atoms with Crippen molar-refractivity contribution in [3.63, 3.8) is 0 Å². The van der Waals surface area contributed by atoms with Gasteiger partial charge in [0.2, 0.25) is 0 Å². The fourth-order valence-electron chi connectivity index (χ4n) is 2.91. The zero-order valence-corrected chi connectivity index (χ0v) is 11.1. The van der Waals surface area contributed by atoms with Crippen molar-refractivity contribution in [3.8, 4) is 11.3 Å². The molecule has 1 aromatic carbocycles. The molecule has 0 unspecified atom stereocenters. The van der Waals surface area contributed by atoms with E-state index in [0.29, 0.717) is 0 Å². The topological polar surface area (TPSA) is 77.6 Å². The van der Waals surface area contributed by atoms with E-state index >= 15 is 0 Å². The summed E-state index contributed by atoms with van der Waals surface area (Å²) in [5, 5.41) is 9.61. The summed E-state index contributed by atoms with van der Waals surface area (Å²) in [4.78, 5) is 15.2. The molecular weight excluding hydrogens is 252 g/mol. The molecule has 0 atom stereocenters. The highest BCUT2D eigenvalue weighted by molar-refractivity contribution is 5.80. The molecule has 0 aliphatic heterocycles. The van der Waals surface area contributed by atoms with E-state index in [1.54, 1.807) is 6.33 Å². The number of aliphatic hydroxyl groups excluding tert-OH is 1. The molecule has 5 nitrogen and oxygen atoms in total. The first-order valence-corrected chi connectivity index (χ1v) is 6.91. The molecule has 102 valence electrons. The zero-order chi connectivity index (χ0) is 13.6. The van der Waals surface area contributed by atoms with E-state index in [1.165, 1.54) is 0 Å². The lowest BCUT2D eigenvalue weighted by atomic mass is 9.69. The van der Waals surface area contributed by atoms with Crippen molar-refractivity contribution >= 4 is 11.0 Å². The summed E-state index contributed by atoms with van der Waals surface area (Å²) in [6.45, 7) is 0.166. The number of aromatic nitrogens is 4. The summed E-state index contributed by atoms with van der Waals surface area (Å²) in [5.41, 5.74) is 3.89. The van der Waals surface area contributed by atoms with Crippen molar-refractivity contribution in [1.82, 2.24) is 19.9 Å². The van der Waals surface area contributed by atoms with Crippen LogP contribution in [0.15, 0.2) is 30.7 Å². The van der Waals surface area contributed by atoms with Gasteiger partial charge < -0.3 is 15.1 Å². The van der Waals surface area contributed by atoms with Gasteiger partial charge in [-0.3, -0.25) is 0 Å². The fraction of sp³-hybridized carbons (Fsp3) is 0.333. The standard InChI is InChI=1S/C15H16N4O/c20-8-15(4-1-5-15)14-16-7-13(19-14)10-2-3-11-12(6-10)18-9-17-11/h2-3,6-7,9,20H,1,4-5,8H2,(H,16,19)(H,17,18). The molecule has 5 heteroatoms. The monoisotopic (exact) mass is 268 g/mol. The molecule has 4 rings (SSSR count). The fourth-order valence-corrected chi connectivity index (χ4v) is 2.91. The molecule has 2 heterocycles. The van der Waals surface area contributed by atoms with Gasteiger partial charge in [-0.25, -0.2) is 9.97 Å². The molecule has 1 aliphatic carbocycles. The summed E-state index contributed by atoms with van der Waals surface area (Å²) in [5.74, 6) is 0.908. The largest absolute Gasteiger partial charge is 0.395 e. The van der Waals surface area contributed by atoms with Crippen LogP contribution >= 0.6 is 0 Å². The highest BCUT2D eigenvalue weighted by atomic mass is 16.3. The molecule has 20 heavy (non-hydrogen) atoms. The van der Waals surface area contributed by atoms with Crippen LogP contribution in [0.3, 0.4) is 0 Å². The molecule has 1 fully saturated rings. The summed E-state index contributed by atoms with van der Waals surface area (Å²) >= 11 is 0. The van der Waals surface area contributed by atoms with E-state index in [0.717, 1.165) is 47.4 Å². The second-order valence-electron chi connectivity index (χ2n) is 5.57. The van der Waals surface area contributed by atoms with Gasteiger partial charge in [0, 0.05) is 5.56 Å². The van der Waals surface area contributed by atoms with Gasteiger partial charge in [-0.2, -0.15) is 0 Å². The van der Waals surface area contributed by atoms with Crippen molar-refractivity contribution in [1.29, 1.82) is 0 Å². The number of H-pyrrole nitrogens is 2. The minimum atomic E-state index is -0.143. The van der Waals surface area contributed by atoms with Crippen molar-refractivity contribution < 1.29 is 5.11 Å². The van der Waals surface area contributed by atoms with Gasteiger partial charge in [-0.15, -0.1) is 0 Å². The highest BCUT2D eigenvalue weighted by Gasteiger charge is 2.40. The van der Waals surface area contributed by atoms with Crippen molar-refractivity contribution in [2.45, 2.75) is 24.7 Å². The Morgan fingerprint density at radius 2 is 2.15 bits per heavy atom. The number of hydrogen-bond acceptors (Lipinski definition) is 3. The summed E-state index contributed by atoms with van der Waals surface area (Å²) in [6, 6.07) is 6.09. The van der Waals surface area contributed by atoms with Crippen molar-refractivity contribution in [2.75, 3.05) is 6.61 Å². The van der Waals surface area contributed by atoms with E-state index in [1.807, 2.05) is 18.3 Å². The number of rotatable bonds is 3. The number of fused-ring (bicyclic) bond motifs is 1. The predicted molar refractivity (Wildman–Crippen MR) is 76.3 cm³/mol. The molecule has 0 amide bonds. The minimum absolute atomic E-state index is 0.143. The number of nitrogens with zero attached hydrogens (tertiary/aromatic N) is 2. The molecule has 1 saturated carbocycles. The SMILES string of the molecule is OCC1(c2ncc(-c3ccc4nc[nH]c4c3)[nH]2)CCC1. The average Bonchev–Trinajstić information content (AvgIpc) is 3.06. The molecular formula is C15H16N4O. The maximum Gasteiger partial charge on any atom is 0.115 e. The maximum atomic E-state index is 9.61. The molecule has 0 saturated heterocycles. The highest BCUT2D eigenvalue weighted by Crippen LogP contribution is 2.42. The Balaban J connectivity index is 1.73. The van der Waals surface area contributed by atoms with Crippen LogP contribution in [-0.4, -0.2) is 31.6 Å². The smallest absolute Gasteiger partial charge is 0.115 e. The van der Waals surface area contributed by atoms with E-state index in [-0.39, 0.29) is 12.0 Å². The quantitative estimate of drug-likeness (QED) is 0.682. The normalized spacial score (nSPS) is 17.2. The molecule has 1 aliphatic rings. The second-order valence-corrected chi connectivity index (χ2v) is 5.57. The molecule has 0 spiro atoms. The summed E-state index contributed by atoms with van der Waals surface area (Å²) in [7, 11) is 0. The zero-order valence-electron chi connectivity index (χ0n) is 11.1. The van der Waals surface area contributed by atoms with Gasteiger partial charge in [0.1, 0.15) is 5.82 Å². The lowest BCUT2D eigenvalue weighted by Crippen LogP contribution is -2.39. The minimum Gasteiger partial charge on any atom is -0.395 e. The van der Waals surface area contributed by atoms with Crippen LogP contribution in [-0.2, 0) is 5.41 Å². The predicted octanol–water partition coefficient (Wildman–Crippen LogP) is 2.37. The van der Waals surface area contributed by atoms with Gasteiger partial charge in [-0.05, 0) is 25.0 Å². The van der Waals surface area contributed by atoms with E-state index in [9.17, 15) is 5.11 Å². The number of aromatic amines is 2. The van der Waals surface area contributed by atoms with Crippen LogP contribution < -0.4 is 0 Å². The van der Waals surface area contributed by atoms with Crippen LogP contribution in [0.2, 0.25) is 0 Å². The first-order valence-electron chi connectivity index (χ1n) is 6.91. The first kappa shape index (κ1) is 11.7. The van der Waals surface area contributed by atoms with Crippen LogP contribution in [0.25, 0.3) is 22.3 Å². The van der Waals surface area contributed by atoms with Crippen molar-refractivity contribution in [3.05, 3.63) is 36.5 Å². The third-order valence-corrected chi connectivity index (χ3v) is 4.42. The van der Waals surface area contributed by atoms with Gasteiger partial charge in [0.25, 0.3) is 0 Å². The van der Waals surface area contributed by atoms with Crippen LogP contribution in [0.4, 0.5) is 0 Å². The number of hydrogen-bond donors (Lipinski definition) is 3. The summed E-state index contributed by atoms with van der Waals surface area (Å²) in [6.07, 6.45) is 6.73. The molecule has 0 radical (unpaired) electrons. The third kappa shape index (κ3) is 1.59. The first-order chi connectivity index (χ1) is 9.81. The maximum absolute atomic E-state index is 9.61. The summed E-state index contributed by atoms with van der Waals surface area (Å²) < 4.78 is 0. The van der Waals surface area contributed by atoms with E-state index < -0.39 is 0 Å². The number of nitrogens with one attached hydrogen (secondary N) is 2. The Labute approximate surface area is 116 Å². The number of imidazole rings is 2. The third-order valence-electron chi connectivity index (χ3n) is 4.42. The van der Waals surface area contributed by atoms with Gasteiger partial charge >= 0.3 is 0 Å². The molecule has 3 N–H and O–H groups in total. The Hall–Kier alpha value is -2.14. The number of benzene rings is 1. The van der Waals surface area contributed by atoms with Crippen molar-refractivity contribution in [2.24, 2.45) is 0 Å². The number of aliphatic hydroxyl groups is 1. The van der Waals surface area contributed by atoms with Gasteiger partial charge in [0.05, 0.1) is 41.3 Å². The lowest BCUT2D eigenvalue weighted by molar-refractivity contribution is 0.113.